The molecule has 116 valence electrons. The van der Waals surface area contributed by atoms with Crippen LogP contribution in [0.1, 0.15) is 25.7 Å². The van der Waals surface area contributed by atoms with Gasteiger partial charge in [-0.1, -0.05) is 0 Å². The van der Waals surface area contributed by atoms with Crippen molar-refractivity contribution >= 4 is 29.2 Å². The van der Waals surface area contributed by atoms with E-state index in [9.17, 15) is 4.79 Å². The molecule has 7 nitrogen and oxygen atoms in total. The predicted octanol–water partition coefficient (Wildman–Crippen LogP) is 0.224. The second-order valence-corrected chi connectivity index (χ2v) is 6.31. The normalized spacial score (nSPS) is 38.2. The van der Waals surface area contributed by atoms with Gasteiger partial charge in [0.05, 0.1) is 16.9 Å². The Labute approximate surface area is 128 Å². The molecular formula is C11H21Cl2N5O2. The fourth-order valence-electron chi connectivity index (χ4n) is 2.48. The first-order valence-corrected chi connectivity index (χ1v) is 7.70. The third-order valence-electron chi connectivity index (χ3n) is 3.61. The molecule has 0 aromatic rings. The van der Waals surface area contributed by atoms with Gasteiger partial charge < -0.3 is 15.8 Å². The van der Waals surface area contributed by atoms with Gasteiger partial charge in [0.25, 0.3) is 0 Å². The Bertz CT molecular complexity index is 326. The van der Waals surface area contributed by atoms with Crippen LogP contribution in [0.4, 0.5) is 4.79 Å². The molecule has 2 fully saturated rings. The molecule has 2 aliphatic rings. The molecule has 1 aliphatic heterocycles. The number of amides is 2. The van der Waals surface area contributed by atoms with Gasteiger partial charge in [-0.25, -0.2) is 4.79 Å². The van der Waals surface area contributed by atoms with Crippen LogP contribution in [0.3, 0.4) is 0 Å². The lowest BCUT2D eigenvalue weighted by Gasteiger charge is -2.33. The standard InChI is InChI=1S/C11H21Cl2N5O2/c12-7-2-1-6(5-8(7)13)15-11(19)17-10-14-4-3-9(16-10)18-20/h6-10,14,16,18,20H,1-5H2,(H2,15,17,19). The van der Waals surface area contributed by atoms with E-state index >= 15 is 0 Å². The van der Waals surface area contributed by atoms with Crippen molar-refractivity contribution in [3.8, 4) is 0 Å². The van der Waals surface area contributed by atoms with Crippen molar-refractivity contribution in [3.63, 3.8) is 0 Å². The summed E-state index contributed by atoms with van der Waals surface area (Å²) in [4.78, 5) is 11.9. The first kappa shape index (κ1) is 16.1. The number of halogens is 2. The van der Waals surface area contributed by atoms with Crippen LogP contribution in [0.5, 0.6) is 0 Å². The zero-order chi connectivity index (χ0) is 14.5. The summed E-state index contributed by atoms with van der Waals surface area (Å²) in [5.41, 5.74) is 2.14. The first-order chi connectivity index (χ1) is 9.58. The molecule has 1 heterocycles. The first-order valence-electron chi connectivity index (χ1n) is 6.82. The van der Waals surface area contributed by atoms with E-state index in [1.165, 1.54) is 0 Å². The summed E-state index contributed by atoms with van der Waals surface area (Å²) >= 11 is 12.2. The van der Waals surface area contributed by atoms with Crippen molar-refractivity contribution in [2.24, 2.45) is 0 Å². The van der Waals surface area contributed by atoms with Gasteiger partial charge in [-0.15, -0.1) is 23.2 Å². The molecule has 0 aromatic heterocycles. The molecule has 5 unspecified atom stereocenters. The number of urea groups is 1. The molecule has 2 rings (SSSR count). The van der Waals surface area contributed by atoms with Gasteiger partial charge in [-0.3, -0.25) is 10.6 Å². The van der Waals surface area contributed by atoms with Gasteiger partial charge >= 0.3 is 6.03 Å². The van der Waals surface area contributed by atoms with Gasteiger partial charge in [-0.05, 0) is 25.7 Å². The van der Waals surface area contributed by atoms with E-state index in [-0.39, 0.29) is 35.3 Å². The van der Waals surface area contributed by atoms with E-state index in [1.807, 2.05) is 0 Å². The lowest BCUT2D eigenvalue weighted by Crippen LogP contribution is -2.66. The zero-order valence-corrected chi connectivity index (χ0v) is 12.5. The molecule has 2 amide bonds. The fraction of sp³-hybridized carbons (Fsp3) is 0.909. The smallest absolute Gasteiger partial charge is 0.317 e. The van der Waals surface area contributed by atoms with Gasteiger partial charge in [0.15, 0.2) is 0 Å². The number of nitrogens with one attached hydrogen (secondary N) is 5. The maximum absolute atomic E-state index is 11.9. The van der Waals surface area contributed by atoms with Crippen LogP contribution in [-0.4, -0.2) is 47.0 Å². The average molecular weight is 326 g/mol. The summed E-state index contributed by atoms with van der Waals surface area (Å²) in [6, 6.07) is -0.224. The van der Waals surface area contributed by atoms with Crippen LogP contribution in [0.2, 0.25) is 0 Å². The molecule has 1 saturated heterocycles. The Hall–Kier alpha value is -0.310. The summed E-state index contributed by atoms with van der Waals surface area (Å²) in [5.74, 6) is 0. The van der Waals surface area contributed by atoms with E-state index in [0.29, 0.717) is 13.0 Å². The number of hydrogen-bond acceptors (Lipinski definition) is 5. The van der Waals surface area contributed by atoms with Crippen molar-refractivity contribution in [1.29, 1.82) is 0 Å². The minimum atomic E-state index is -0.385. The van der Waals surface area contributed by atoms with E-state index in [2.05, 4.69) is 26.7 Å². The van der Waals surface area contributed by atoms with Crippen molar-refractivity contribution in [3.05, 3.63) is 0 Å². The topological polar surface area (TPSA) is 97.5 Å². The number of carbonyl (C=O) groups is 1. The predicted molar refractivity (Wildman–Crippen MR) is 76.8 cm³/mol. The minimum absolute atomic E-state index is 0.0177. The second-order valence-electron chi connectivity index (χ2n) is 5.18. The Morgan fingerprint density at radius 2 is 1.95 bits per heavy atom. The molecule has 5 atom stereocenters. The zero-order valence-electron chi connectivity index (χ0n) is 11.0. The number of carbonyl (C=O) groups excluding carboxylic acids is 1. The number of hydroxylamine groups is 1. The third-order valence-corrected chi connectivity index (χ3v) is 4.74. The summed E-state index contributed by atoms with van der Waals surface area (Å²) in [5, 5.41) is 20.5. The summed E-state index contributed by atoms with van der Waals surface area (Å²) in [7, 11) is 0. The van der Waals surface area contributed by atoms with Crippen LogP contribution in [0.15, 0.2) is 0 Å². The fourth-order valence-corrected chi connectivity index (χ4v) is 3.05. The van der Waals surface area contributed by atoms with Gasteiger partial charge in [0.2, 0.25) is 0 Å². The van der Waals surface area contributed by atoms with E-state index in [0.717, 1.165) is 19.3 Å². The van der Waals surface area contributed by atoms with E-state index in [4.69, 9.17) is 28.4 Å². The van der Waals surface area contributed by atoms with Crippen LogP contribution >= 0.6 is 23.2 Å². The third kappa shape index (κ3) is 4.61. The largest absolute Gasteiger partial charge is 0.335 e. The summed E-state index contributed by atoms with van der Waals surface area (Å²) < 4.78 is 0. The highest BCUT2D eigenvalue weighted by molar-refractivity contribution is 6.30. The highest BCUT2D eigenvalue weighted by Crippen LogP contribution is 2.27. The Balaban J connectivity index is 1.72. The van der Waals surface area contributed by atoms with Gasteiger partial charge in [0, 0.05) is 12.6 Å². The molecule has 20 heavy (non-hydrogen) atoms. The van der Waals surface area contributed by atoms with E-state index in [1.54, 1.807) is 0 Å². The highest BCUT2D eigenvalue weighted by atomic mass is 35.5. The molecule has 6 N–H and O–H groups in total. The molecule has 0 radical (unpaired) electrons. The maximum atomic E-state index is 11.9. The highest BCUT2D eigenvalue weighted by Gasteiger charge is 2.29. The SMILES string of the molecule is O=C(NC1CCC(Cl)C(Cl)C1)NC1NCCC(NO)N1. The Morgan fingerprint density at radius 3 is 2.65 bits per heavy atom. The Morgan fingerprint density at radius 1 is 1.15 bits per heavy atom. The van der Waals surface area contributed by atoms with Crippen molar-refractivity contribution < 1.29 is 10.0 Å². The molecule has 9 heteroatoms. The molecule has 0 spiro atoms. The quantitative estimate of drug-likeness (QED) is 0.329. The Kier molecular flexibility index (Phi) is 6.13. The van der Waals surface area contributed by atoms with Gasteiger partial charge in [0.1, 0.15) is 6.29 Å². The molecule has 0 aromatic carbocycles. The molecule has 0 bridgehead atoms. The van der Waals surface area contributed by atoms with Crippen LogP contribution in [-0.2, 0) is 0 Å². The number of hydrogen-bond donors (Lipinski definition) is 6. The minimum Gasteiger partial charge on any atom is -0.335 e. The van der Waals surface area contributed by atoms with Crippen LogP contribution in [0.25, 0.3) is 0 Å². The lowest BCUT2D eigenvalue weighted by atomic mass is 9.95. The van der Waals surface area contributed by atoms with Crippen molar-refractivity contribution in [1.82, 2.24) is 26.7 Å². The number of alkyl halides is 2. The second kappa shape index (κ2) is 7.63. The number of rotatable bonds is 3. The van der Waals surface area contributed by atoms with Crippen LogP contribution < -0.4 is 26.7 Å². The van der Waals surface area contributed by atoms with Crippen LogP contribution in [0, 0.1) is 0 Å². The van der Waals surface area contributed by atoms with Gasteiger partial charge in [-0.2, -0.15) is 5.48 Å². The maximum Gasteiger partial charge on any atom is 0.317 e. The summed E-state index contributed by atoms with van der Waals surface area (Å²) in [6.45, 7) is 0.692. The lowest BCUT2D eigenvalue weighted by molar-refractivity contribution is 0.0777. The van der Waals surface area contributed by atoms with Crippen molar-refractivity contribution in [2.75, 3.05) is 6.54 Å². The summed E-state index contributed by atoms with van der Waals surface area (Å²) in [6.07, 6.45) is 2.42. The average Bonchev–Trinajstić information content (AvgIpc) is 2.43. The monoisotopic (exact) mass is 325 g/mol. The molecular weight excluding hydrogens is 305 g/mol. The van der Waals surface area contributed by atoms with E-state index < -0.39 is 0 Å². The van der Waals surface area contributed by atoms with Crippen molar-refractivity contribution in [2.45, 2.75) is 54.9 Å². The molecule has 1 aliphatic carbocycles. The molecule has 1 saturated carbocycles.